The predicted molar refractivity (Wildman–Crippen MR) is 99.2 cm³/mol. The fourth-order valence-corrected chi connectivity index (χ4v) is 3.23. The quantitative estimate of drug-likeness (QED) is 0.768. The van der Waals surface area contributed by atoms with E-state index in [4.69, 9.17) is 9.47 Å². The van der Waals surface area contributed by atoms with Crippen LogP contribution in [0.2, 0.25) is 0 Å². The van der Waals surface area contributed by atoms with Crippen molar-refractivity contribution >= 4 is 11.9 Å². The highest BCUT2D eigenvalue weighted by Gasteiger charge is 2.28. The van der Waals surface area contributed by atoms with Gasteiger partial charge in [-0.25, -0.2) is 0 Å². The molecule has 1 aromatic heterocycles. The number of methoxy groups -OCH3 is 2. The Labute approximate surface area is 157 Å². The second-order valence-corrected chi connectivity index (χ2v) is 6.41. The minimum Gasteiger partial charge on any atom is -0.497 e. The molecule has 0 spiro atoms. The summed E-state index contributed by atoms with van der Waals surface area (Å²) in [5, 5.41) is 0. The smallest absolute Gasteiger partial charge is 0.308 e. The molecule has 7 heteroatoms. The number of esters is 1. The first-order valence-electron chi connectivity index (χ1n) is 8.77. The molecule has 1 saturated heterocycles. The third-order valence-electron chi connectivity index (χ3n) is 4.83. The van der Waals surface area contributed by atoms with Crippen molar-refractivity contribution in [2.24, 2.45) is 5.92 Å². The Kier molecular flexibility index (Phi) is 5.59. The molecule has 1 aromatic carbocycles. The van der Waals surface area contributed by atoms with Crippen LogP contribution in [0.4, 0.5) is 0 Å². The molecule has 7 nitrogen and oxygen atoms in total. The van der Waals surface area contributed by atoms with Crippen molar-refractivity contribution in [2.75, 3.05) is 27.3 Å². The van der Waals surface area contributed by atoms with Gasteiger partial charge in [0, 0.05) is 31.0 Å². The van der Waals surface area contributed by atoms with Gasteiger partial charge in [-0.1, -0.05) is 0 Å². The van der Waals surface area contributed by atoms with E-state index in [1.165, 1.54) is 23.8 Å². The normalized spacial score (nSPS) is 14.7. The minimum absolute atomic E-state index is 0.152. The first-order valence-corrected chi connectivity index (χ1v) is 8.77. The molecule has 0 saturated carbocycles. The summed E-state index contributed by atoms with van der Waals surface area (Å²) in [5.41, 5.74) is 0.864. The number of amides is 1. The van der Waals surface area contributed by atoms with Gasteiger partial charge in [0.25, 0.3) is 11.5 Å². The van der Waals surface area contributed by atoms with Crippen molar-refractivity contribution in [3.8, 4) is 11.4 Å². The maximum atomic E-state index is 12.8. The maximum Gasteiger partial charge on any atom is 0.308 e. The SMILES string of the molecule is COC(=O)C1CCN(C(=O)c2ccc(=O)n(-c3ccc(OC)cc3)c2)CC1. The fraction of sp³-hybridized carbons (Fsp3) is 0.350. The summed E-state index contributed by atoms with van der Waals surface area (Å²) in [5.74, 6) is 0.149. The second kappa shape index (κ2) is 8.07. The van der Waals surface area contributed by atoms with E-state index in [2.05, 4.69) is 0 Å². The predicted octanol–water partition coefficient (Wildman–Crippen LogP) is 1.87. The van der Waals surface area contributed by atoms with Crippen LogP contribution in [0.1, 0.15) is 23.2 Å². The van der Waals surface area contributed by atoms with Crippen LogP contribution in [0, 0.1) is 5.92 Å². The molecule has 2 aromatic rings. The minimum atomic E-state index is -0.227. The number of hydrogen-bond donors (Lipinski definition) is 0. The van der Waals surface area contributed by atoms with Gasteiger partial charge in [0.15, 0.2) is 0 Å². The number of carbonyl (C=O) groups excluding carboxylic acids is 2. The van der Waals surface area contributed by atoms with Crippen molar-refractivity contribution < 1.29 is 19.1 Å². The Morgan fingerprint density at radius 2 is 1.67 bits per heavy atom. The largest absolute Gasteiger partial charge is 0.497 e. The van der Waals surface area contributed by atoms with Crippen LogP contribution >= 0.6 is 0 Å². The monoisotopic (exact) mass is 370 g/mol. The summed E-state index contributed by atoms with van der Waals surface area (Å²) in [7, 11) is 2.95. The summed E-state index contributed by atoms with van der Waals surface area (Å²) in [6, 6.07) is 9.96. The van der Waals surface area contributed by atoms with Crippen LogP contribution in [0.5, 0.6) is 5.75 Å². The average Bonchev–Trinajstić information content (AvgIpc) is 2.73. The maximum absolute atomic E-state index is 12.8. The molecule has 0 radical (unpaired) electrons. The summed E-state index contributed by atoms with van der Waals surface area (Å²) in [4.78, 5) is 38.4. The Balaban J connectivity index is 1.78. The summed E-state index contributed by atoms with van der Waals surface area (Å²) < 4.78 is 11.3. The number of pyridine rings is 1. The van der Waals surface area contributed by atoms with Gasteiger partial charge in [0.1, 0.15) is 5.75 Å². The standard InChI is InChI=1S/C20H22N2O5/c1-26-17-6-4-16(5-7-17)22-13-15(3-8-18(22)23)19(24)21-11-9-14(10-12-21)20(25)27-2/h3-8,13-14H,9-12H2,1-2H3. The van der Waals surface area contributed by atoms with Gasteiger partial charge in [0.05, 0.1) is 25.7 Å². The van der Waals surface area contributed by atoms with Crippen LogP contribution in [0.3, 0.4) is 0 Å². The zero-order valence-electron chi connectivity index (χ0n) is 15.4. The third-order valence-corrected chi connectivity index (χ3v) is 4.83. The lowest BCUT2D eigenvalue weighted by atomic mass is 9.96. The average molecular weight is 370 g/mol. The molecule has 27 heavy (non-hydrogen) atoms. The number of nitrogens with zero attached hydrogens (tertiary/aromatic N) is 2. The van der Waals surface area contributed by atoms with Crippen molar-refractivity contribution in [1.29, 1.82) is 0 Å². The van der Waals surface area contributed by atoms with E-state index in [1.807, 2.05) is 0 Å². The van der Waals surface area contributed by atoms with Gasteiger partial charge < -0.3 is 14.4 Å². The van der Waals surface area contributed by atoms with Crippen LogP contribution in [-0.4, -0.2) is 48.7 Å². The number of likely N-dealkylation sites (tertiary alicyclic amines) is 1. The molecule has 3 rings (SSSR count). The Morgan fingerprint density at radius 1 is 1.00 bits per heavy atom. The van der Waals surface area contributed by atoms with Crippen molar-refractivity contribution in [1.82, 2.24) is 9.47 Å². The highest BCUT2D eigenvalue weighted by molar-refractivity contribution is 5.94. The van der Waals surface area contributed by atoms with E-state index in [0.717, 1.165) is 0 Å². The summed E-state index contributed by atoms with van der Waals surface area (Å²) >= 11 is 0. The summed E-state index contributed by atoms with van der Waals surface area (Å²) in [6.45, 7) is 0.973. The van der Waals surface area contributed by atoms with Crippen molar-refractivity contribution in [2.45, 2.75) is 12.8 Å². The van der Waals surface area contributed by atoms with Gasteiger partial charge in [-0.2, -0.15) is 0 Å². The first kappa shape index (κ1) is 18.7. The molecule has 0 bridgehead atoms. The van der Waals surface area contributed by atoms with Crippen LogP contribution in [0.15, 0.2) is 47.4 Å². The fourth-order valence-electron chi connectivity index (χ4n) is 3.23. The molecule has 0 atom stereocenters. The van der Waals surface area contributed by atoms with E-state index in [1.54, 1.807) is 42.5 Å². The van der Waals surface area contributed by atoms with E-state index >= 15 is 0 Å². The Hall–Kier alpha value is -3.09. The third kappa shape index (κ3) is 4.02. The molecular formula is C20H22N2O5. The van der Waals surface area contributed by atoms with Crippen LogP contribution in [0.25, 0.3) is 5.69 Å². The van der Waals surface area contributed by atoms with Gasteiger partial charge >= 0.3 is 5.97 Å². The molecule has 142 valence electrons. The van der Waals surface area contributed by atoms with Crippen molar-refractivity contribution in [3.05, 3.63) is 58.5 Å². The molecule has 1 amide bonds. The molecule has 1 aliphatic rings. The lowest BCUT2D eigenvalue weighted by Crippen LogP contribution is -2.40. The number of benzene rings is 1. The van der Waals surface area contributed by atoms with E-state index < -0.39 is 0 Å². The topological polar surface area (TPSA) is 77.8 Å². The number of rotatable bonds is 4. The first-order chi connectivity index (χ1) is 13.0. The highest BCUT2D eigenvalue weighted by Crippen LogP contribution is 2.20. The molecular weight excluding hydrogens is 348 g/mol. The molecule has 2 heterocycles. The van der Waals surface area contributed by atoms with Gasteiger partial charge in [-0.15, -0.1) is 0 Å². The molecule has 0 unspecified atom stereocenters. The van der Waals surface area contributed by atoms with E-state index in [9.17, 15) is 14.4 Å². The van der Waals surface area contributed by atoms with Gasteiger partial charge in [-0.3, -0.25) is 19.0 Å². The molecule has 0 N–H and O–H groups in total. The highest BCUT2D eigenvalue weighted by atomic mass is 16.5. The Morgan fingerprint density at radius 3 is 2.26 bits per heavy atom. The second-order valence-electron chi connectivity index (χ2n) is 6.41. The zero-order valence-corrected chi connectivity index (χ0v) is 15.4. The van der Waals surface area contributed by atoms with Gasteiger partial charge in [-0.05, 0) is 43.2 Å². The van der Waals surface area contributed by atoms with Gasteiger partial charge in [0.2, 0.25) is 0 Å². The van der Waals surface area contributed by atoms with Crippen LogP contribution in [-0.2, 0) is 9.53 Å². The van der Waals surface area contributed by atoms with Crippen molar-refractivity contribution in [3.63, 3.8) is 0 Å². The molecule has 0 aliphatic carbocycles. The number of carbonyl (C=O) groups is 2. The number of aromatic nitrogens is 1. The van der Waals surface area contributed by atoms with E-state index in [-0.39, 0.29) is 23.4 Å². The van der Waals surface area contributed by atoms with E-state index in [0.29, 0.717) is 42.9 Å². The lowest BCUT2D eigenvalue weighted by Gasteiger charge is -2.30. The number of piperidine rings is 1. The molecule has 1 aliphatic heterocycles. The number of ether oxygens (including phenoxy) is 2. The lowest BCUT2D eigenvalue weighted by molar-refractivity contribution is -0.146. The summed E-state index contributed by atoms with van der Waals surface area (Å²) in [6.07, 6.45) is 2.71. The zero-order chi connectivity index (χ0) is 19.4. The number of hydrogen-bond acceptors (Lipinski definition) is 5. The Bertz CT molecular complexity index is 880. The molecule has 1 fully saturated rings. The van der Waals surface area contributed by atoms with Crippen LogP contribution < -0.4 is 10.3 Å².